The molecule has 0 unspecified atom stereocenters. The van der Waals surface area contributed by atoms with E-state index in [0.717, 1.165) is 40.0 Å². The van der Waals surface area contributed by atoms with Crippen molar-refractivity contribution < 1.29 is 4.79 Å². The van der Waals surface area contributed by atoms with Crippen LogP contribution in [0.5, 0.6) is 0 Å². The zero-order valence-electron chi connectivity index (χ0n) is 10.5. The van der Waals surface area contributed by atoms with Crippen LogP contribution in [0.4, 0.5) is 0 Å². The lowest BCUT2D eigenvalue weighted by Gasteiger charge is -2.06. The molecule has 4 heteroatoms. The van der Waals surface area contributed by atoms with Gasteiger partial charge in [0.25, 0.3) is 5.91 Å². The van der Waals surface area contributed by atoms with Gasteiger partial charge in [0, 0.05) is 21.9 Å². The van der Waals surface area contributed by atoms with Crippen molar-refractivity contribution in [3.8, 4) is 0 Å². The normalized spacial score (nSPS) is 10.6. The standard InChI is InChI=1S/C15H15Br2NO/c16-7-1-2-8-18-15(19)13-4-3-12-10-14(17)6-5-11(12)9-13/h3-6,9-10H,1-2,7-8H2,(H,18,19). The Hall–Kier alpha value is -0.870. The van der Waals surface area contributed by atoms with Gasteiger partial charge in [0.05, 0.1) is 0 Å². The topological polar surface area (TPSA) is 29.1 Å². The molecule has 2 aromatic carbocycles. The van der Waals surface area contributed by atoms with Gasteiger partial charge in [0.2, 0.25) is 0 Å². The lowest BCUT2D eigenvalue weighted by Crippen LogP contribution is -2.24. The molecular weight excluding hydrogens is 370 g/mol. The van der Waals surface area contributed by atoms with E-state index in [9.17, 15) is 4.79 Å². The van der Waals surface area contributed by atoms with Gasteiger partial charge in [-0.1, -0.05) is 44.0 Å². The fraction of sp³-hybridized carbons (Fsp3) is 0.267. The van der Waals surface area contributed by atoms with Crippen LogP contribution >= 0.6 is 31.9 Å². The Kier molecular flexibility index (Phi) is 5.40. The number of amides is 1. The second kappa shape index (κ2) is 7.06. The summed E-state index contributed by atoms with van der Waals surface area (Å²) >= 11 is 6.82. The second-order valence-electron chi connectivity index (χ2n) is 4.36. The van der Waals surface area contributed by atoms with Crippen molar-refractivity contribution in [1.82, 2.24) is 5.32 Å². The van der Waals surface area contributed by atoms with E-state index >= 15 is 0 Å². The number of alkyl halides is 1. The third-order valence-electron chi connectivity index (χ3n) is 2.91. The van der Waals surface area contributed by atoms with E-state index in [1.54, 1.807) is 0 Å². The van der Waals surface area contributed by atoms with Crippen molar-refractivity contribution in [3.05, 3.63) is 46.4 Å². The van der Waals surface area contributed by atoms with Crippen LogP contribution in [0.3, 0.4) is 0 Å². The molecule has 0 aromatic heterocycles. The van der Waals surface area contributed by atoms with Gasteiger partial charge >= 0.3 is 0 Å². The van der Waals surface area contributed by atoms with Crippen LogP contribution in [-0.4, -0.2) is 17.8 Å². The lowest BCUT2D eigenvalue weighted by atomic mass is 10.1. The predicted molar refractivity (Wildman–Crippen MR) is 87.0 cm³/mol. The molecule has 0 aliphatic carbocycles. The molecule has 2 rings (SSSR count). The zero-order chi connectivity index (χ0) is 13.7. The molecule has 0 aliphatic rings. The fourth-order valence-electron chi connectivity index (χ4n) is 1.88. The van der Waals surface area contributed by atoms with Gasteiger partial charge < -0.3 is 5.32 Å². The lowest BCUT2D eigenvalue weighted by molar-refractivity contribution is 0.0953. The monoisotopic (exact) mass is 383 g/mol. The summed E-state index contributed by atoms with van der Waals surface area (Å²) in [6.07, 6.45) is 2.07. The summed E-state index contributed by atoms with van der Waals surface area (Å²) in [5.41, 5.74) is 0.716. The average Bonchev–Trinajstić information content (AvgIpc) is 2.42. The summed E-state index contributed by atoms with van der Waals surface area (Å²) in [5, 5.41) is 6.13. The molecule has 0 heterocycles. The van der Waals surface area contributed by atoms with E-state index in [1.165, 1.54) is 0 Å². The number of hydrogen-bond donors (Lipinski definition) is 1. The quantitative estimate of drug-likeness (QED) is 0.596. The minimum Gasteiger partial charge on any atom is -0.352 e. The van der Waals surface area contributed by atoms with E-state index in [1.807, 2.05) is 36.4 Å². The number of carbonyl (C=O) groups excluding carboxylic acids is 1. The Balaban J connectivity index is 2.08. The van der Waals surface area contributed by atoms with Crippen molar-refractivity contribution >= 4 is 48.5 Å². The van der Waals surface area contributed by atoms with Crippen LogP contribution in [0.2, 0.25) is 0 Å². The Morgan fingerprint density at radius 1 is 1.05 bits per heavy atom. The van der Waals surface area contributed by atoms with Gasteiger partial charge in [-0.2, -0.15) is 0 Å². The molecule has 0 bridgehead atoms. The molecule has 0 spiro atoms. The van der Waals surface area contributed by atoms with Crippen molar-refractivity contribution in [3.63, 3.8) is 0 Å². The number of benzene rings is 2. The van der Waals surface area contributed by atoms with Gasteiger partial charge in [0.1, 0.15) is 0 Å². The molecule has 0 atom stereocenters. The molecule has 0 saturated carbocycles. The zero-order valence-corrected chi connectivity index (χ0v) is 13.6. The summed E-state index contributed by atoms with van der Waals surface area (Å²) in [4.78, 5) is 12.0. The Labute approximate surface area is 129 Å². The number of unbranched alkanes of at least 4 members (excludes halogenated alkanes) is 1. The van der Waals surface area contributed by atoms with Crippen LogP contribution in [0, 0.1) is 0 Å². The summed E-state index contributed by atoms with van der Waals surface area (Å²) in [6, 6.07) is 11.8. The van der Waals surface area contributed by atoms with E-state index < -0.39 is 0 Å². The fourth-order valence-corrected chi connectivity index (χ4v) is 2.66. The Bertz CT molecular complexity index is 583. The van der Waals surface area contributed by atoms with Crippen molar-refractivity contribution in [2.24, 2.45) is 0 Å². The highest BCUT2D eigenvalue weighted by atomic mass is 79.9. The molecule has 19 heavy (non-hydrogen) atoms. The number of halogens is 2. The summed E-state index contributed by atoms with van der Waals surface area (Å²) < 4.78 is 1.05. The highest BCUT2D eigenvalue weighted by molar-refractivity contribution is 9.10. The number of fused-ring (bicyclic) bond motifs is 1. The first-order chi connectivity index (χ1) is 9.20. The minimum atomic E-state index is -0.000564. The largest absolute Gasteiger partial charge is 0.352 e. The first-order valence-corrected chi connectivity index (χ1v) is 8.15. The molecule has 1 N–H and O–H groups in total. The maximum Gasteiger partial charge on any atom is 0.251 e. The SMILES string of the molecule is O=C(NCCCCBr)c1ccc2cc(Br)ccc2c1. The van der Waals surface area contributed by atoms with Crippen LogP contribution < -0.4 is 5.32 Å². The molecule has 2 nitrogen and oxygen atoms in total. The van der Waals surface area contributed by atoms with Crippen molar-refractivity contribution in [1.29, 1.82) is 0 Å². The third kappa shape index (κ3) is 4.05. The smallest absolute Gasteiger partial charge is 0.251 e. The molecule has 0 saturated heterocycles. The summed E-state index contributed by atoms with van der Waals surface area (Å²) in [7, 11) is 0. The Morgan fingerprint density at radius 3 is 2.58 bits per heavy atom. The van der Waals surface area contributed by atoms with Gasteiger partial charge in [-0.25, -0.2) is 0 Å². The minimum absolute atomic E-state index is 0.000564. The van der Waals surface area contributed by atoms with Crippen LogP contribution in [0.1, 0.15) is 23.2 Å². The van der Waals surface area contributed by atoms with Gasteiger partial charge in [-0.15, -0.1) is 0 Å². The molecule has 100 valence electrons. The number of nitrogens with one attached hydrogen (secondary N) is 1. The number of rotatable bonds is 5. The maximum absolute atomic E-state index is 12.0. The predicted octanol–water partition coefficient (Wildman–Crippen LogP) is 4.51. The van der Waals surface area contributed by atoms with Crippen LogP contribution in [0.25, 0.3) is 10.8 Å². The van der Waals surface area contributed by atoms with Crippen molar-refractivity contribution in [2.45, 2.75) is 12.8 Å². The van der Waals surface area contributed by atoms with Crippen molar-refractivity contribution in [2.75, 3.05) is 11.9 Å². The van der Waals surface area contributed by atoms with E-state index in [-0.39, 0.29) is 5.91 Å². The summed E-state index contributed by atoms with van der Waals surface area (Å²) in [5.74, 6) is -0.000564. The molecule has 1 amide bonds. The highest BCUT2D eigenvalue weighted by Gasteiger charge is 2.05. The van der Waals surface area contributed by atoms with Gasteiger partial charge in [-0.05, 0) is 47.9 Å². The highest BCUT2D eigenvalue weighted by Crippen LogP contribution is 2.20. The first kappa shape index (κ1) is 14.5. The van der Waals surface area contributed by atoms with Crippen LogP contribution in [-0.2, 0) is 0 Å². The van der Waals surface area contributed by atoms with E-state index in [0.29, 0.717) is 5.56 Å². The van der Waals surface area contributed by atoms with E-state index in [2.05, 4.69) is 37.2 Å². The Morgan fingerprint density at radius 2 is 1.79 bits per heavy atom. The first-order valence-electron chi connectivity index (χ1n) is 6.24. The molecule has 0 aliphatic heterocycles. The van der Waals surface area contributed by atoms with Crippen LogP contribution in [0.15, 0.2) is 40.9 Å². The molecule has 0 fully saturated rings. The number of carbonyl (C=O) groups is 1. The molecule has 2 aromatic rings. The summed E-state index contributed by atoms with van der Waals surface area (Å²) in [6.45, 7) is 0.725. The second-order valence-corrected chi connectivity index (χ2v) is 6.07. The van der Waals surface area contributed by atoms with Gasteiger partial charge in [0.15, 0.2) is 0 Å². The van der Waals surface area contributed by atoms with Gasteiger partial charge in [-0.3, -0.25) is 4.79 Å². The third-order valence-corrected chi connectivity index (χ3v) is 3.96. The maximum atomic E-state index is 12.0. The van der Waals surface area contributed by atoms with E-state index in [4.69, 9.17) is 0 Å². The molecular formula is C15H15Br2NO. The molecule has 0 radical (unpaired) electrons. The number of hydrogen-bond acceptors (Lipinski definition) is 1. The average molecular weight is 385 g/mol.